The van der Waals surface area contributed by atoms with Crippen molar-refractivity contribution < 1.29 is 29.0 Å². The van der Waals surface area contributed by atoms with Crippen LogP contribution in [0.1, 0.15) is 50.7 Å². The van der Waals surface area contributed by atoms with Crippen molar-refractivity contribution in [2.45, 2.75) is 56.6 Å². The molecule has 2 N–H and O–H groups in total. The van der Waals surface area contributed by atoms with Crippen LogP contribution in [-0.4, -0.2) is 59.1 Å². The van der Waals surface area contributed by atoms with Gasteiger partial charge < -0.3 is 19.9 Å². The Balaban J connectivity index is 1.67. The van der Waals surface area contributed by atoms with Gasteiger partial charge in [-0.3, -0.25) is 19.3 Å². The quantitative estimate of drug-likeness (QED) is 0.228. The summed E-state index contributed by atoms with van der Waals surface area (Å²) in [6.45, 7) is 8.64. The molecule has 0 bridgehead atoms. The fourth-order valence-corrected chi connectivity index (χ4v) is 6.22. The van der Waals surface area contributed by atoms with E-state index in [0.717, 1.165) is 17.7 Å². The van der Waals surface area contributed by atoms with Gasteiger partial charge in [-0.05, 0) is 73.7 Å². The number of phenols is 1. The van der Waals surface area contributed by atoms with Crippen molar-refractivity contribution in [1.82, 2.24) is 10.2 Å². The second-order valence-electron chi connectivity index (χ2n) is 10.4. The zero-order valence-corrected chi connectivity index (χ0v) is 22.5. The van der Waals surface area contributed by atoms with E-state index in [9.17, 15) is 19.5 Å². The van der Waals surface area contributed by atoms with E-state index in [2.05, 4.69) is 16.8 Å². The maximum Gasteiger partial charge on any atom is 0.308 e. The molecule has 0 aromatic heterocycles. The molecule has 2 aromatic carbocycles. The van der Waals surface area contributed by atoms with Crippen LogP contribution < -0.4 is 10.1 Å². The normalized spacial score (nSPS) is 24.9. The number of carbonyl (C=O) groups excluding carboxylic acids is 3. The highest BCUT2D eigenvalue weighted by molar-refractivity contribution is 5.92. The molecule has 2 fully saturated rings. The van der Waals surface area contributed by atoms with Crippen molar-refractivity contribution in [3.05, 3.63) is 78.4 Å². The van der Waals surface area contributed by atoms with Gasteiger partial charge in [-0.25, -0.2) is 0 Å². The highest BCUT2D eigenvalue weighted by Crippen LogP contribution is 2.54. The van der Waals surface area contributed by atoms with Crippen LogP contribution in [0.25, 0.3) is 6.08 Å². The molecule has 0 unspecified atom stereocenters. The van der Waals surface area contributed by atoms with Crippen LogP contribution >= 0.6 is 0 Å². The minimum Gasteiger partial charge on any atom is -0.508 e. The van der Waals surface area contributed by atoms with Crippen LogP contribution in [0, 0.1) is 0 Å². The number of amides is 1. The summed E-state index contributed by atoms with van der Waals surface area (Å²) in [5, 5.41) is 12.8. The molecule has 206 valence electrons. The van der Waals surface area contributed by atoms with E-state index in [4.69, 9.17) is 9.47 Å². The van der Waals surface area contributed by atoms with Gasteiger partial charge in [-0.1, -0.05) is 30.3 Å². The highest BCUT2D eigenvalue weighted by Gasteiger charge is 2.60. The molecular formula is C31H36N2O6. The third kappa shape index (κ3) is 6.40. The molecule has 39 heavy (non-hydrogen) atoms. The van der Waals surface area contributed by atoms with E-state index in [1.54, 1.807) is 36.4 Å². The zero-order valence-electron chi connectivity index (χ0n) is 22.5. The minimum atomic E-state index is -0.826. The molecule has 4 rings (SSSR count). The summed E-state index contributed by atoms with van der Waals surface area (Å²) in [5.74, 6) is -0.444. The van der Waals surface area contributed by atoms with Crippen molar-refractivity contribution >= 4 is 23.9 Å². The van der Waals surface area contributed by atoms with E-state index in [1.807, 2.05) is 24.3 Å². The number of fused-ring (bicyclic) bond motifs is 1. The Morgan fingerprint density at radius 3 is 2.64 bits per heavy atom. The average Bonchev–Trinajstić information content (AvgIpc) is 2.87. The lowest BCUT2D eigenvalue weighted by molar-refractivity contribution is -0.186. The Morgan fingerprint density at radius 2 is 1.92 bits per heavy atom. The topological polar surface area (TPSA) is 105 Å². The number of benzene rings is 2. The number of nitrogens with zero attached hydrogens (tertiary/aromatic N) is 1. The van der Waals surface area contributed by atoms with Gasteiger partial charge >= 0.3 is 11.9 Å². The summed E-state index contributed by atoms with van der Waals surface area (Å²) in [6, 6.07) is 13.9. The Labute approximate surface area is 229 Å². The number of aromatic hydroxyl groups is 1. The van der Waals surface area contributed by atoms with Crippen LogP contribution in [-0.2, 0) is 24.5 Å². The predicted molar refractivity (Wildman–Crippen MR) is 148 cm³/mol. The second kappa shape index (κ2) is 11.9. The summed E-state index contributed by atoms with van der Waals surface area (Å²) >= 11 is 0. The summed E-state index contributed by atoms with van der Waals surface area (Å²) in [4.78, 5) is 39.3. The van der Waals surface area contributed by atoms with Gasteiger partial charge in [0.05, 0.1) is 0 Å². The van der Waals surface area contributed by atoms with Gasteiger partial charge in [0.1, 0.15) is 17.1 Å². The summed E-state index contributed by atoms with van der Waals surface area (Å²) in [7, 11) is 0. The number of nitrogens with one attached hydrogen (secondary N) is 1. The lowest BCUT2D eigenvalue weighted by Gasteiger charge is -2.59. The van der Waals surface area contributed by atoms with E-state index in [1.165, 1.54) is 19.9 Å². The van der Waals surface area contributed by atoms with Crippen molar-refractivity contribution in [3.8, 4) is 11.5 Å². The molecule has 1 saturated heterocycles. The third-order valence-electron chi connectivity index (χ3n) is 7.72. The van der Waals surface area contributed by atoms with E-state index in [0.29, 0.717) is 44.5 Å². The van der Waals surface area contributed by atoms with Crippen molar-refractivity contribution in [2.75, 3.05) is 19.6 Å². The number of carbonyl (C=O) groups is 3. The smallest absolute Gasteiger partial charge is 0.308 e. The SMILES string of the molecule is C=CCN1CC[C@@]2(c3cccc(OC(C)=O)c3)C[C@H](NC(=O)C=Cc3cccc(O)c3)CC[C@]2(OC(C)=O)C1. The molecule has 0 radical (unpaired) electrons. The van der Waals surface area contributed by atoms with Gasteiger partial charge in [0.25, 0.3) is 0 Å². The number of likely N-dealkylation sites (tertiary alicyclic amines) is 1. The summed E-state index contributed by atoms with van der Waals surface area (Å²) < 4.78 is 11.6. The monoisotopic (exact) mass is 532 g/mol. The van der Waals surface area contributed by atoms with Crippen LogP contribution in [0.4, 0.5) is 0 Å². The summed E-state index contributed by atoms with van der Waals surface area (Å²) in [6.07, 6.45) is 7.39. The lowest BCUT2D eigenvalue weighted by atomic mass is 9.55. The van der Waals surface area contributed by atoms with Crippen molar-refractivity contribution in [2.24, 2.45) is 0 Å². The van der Waals surface area contributed by atoms with Gasteiger partial charge in [0, 0.05) is 44.5 Å². The predicted octanol–water partition coefficient (Wildman–Crippen LogP) is 4.13. The number of rotatable bonds is 8. The van der Waals surface area contributed by atoms with Crippen molar-refractivity contribution in [3.63, 3.8) is 0 Å². The first-order valence-electron chi connectivity index (χ1n) is 13.2. The molecule has 1 aliphatic heterocycles. The maximum absolute atomic E-state index is 12.9. The molecule has 1 aliphatic carbocycles. The van der Waals surface area contributed by atoms with Gasteiger partial charge in [0.2, 0.25) is 5.91 Å². The summed E-state index contributed by atoms with van der Waals surface area (Å²) in [5.41, 5.74) is 0.191. The molecule has 8 nitrogen and oxygen atoms in total. The van der Waals surface area contributed by atoms with Crippen LogP contribution in [0.3, 0.4) is 0 Å². The Hall–Kier alpha value is -3.91. The average molecular weight is 533 g/mol. The molecule has 1 heterocycles. The minimum absolute atomic E-state index is 0.132. The Bertz CT molecular complexity index is 1270. The largest absolute Gasteiger partial charge is 0.508 e. The number of hydrogen-bond donors (Lipinski definition) is 2. The van der Waals surface area contributed by atoms with Gasteiger partial charge in [-0.2, -0.15) is 0 Å². The first kappa shape index (κ1) is 28.1. The van der Waals surface area contributed by atoms with Crippen LogP contribution in [0.2, 0.25) is 0 Å². The second-order valence-corrected chi connectivity index (χ2v) is 10.4. The lowest BCUT2D eigenvalue weighted by Crippen LogP contribution is -2.68. The van der Waals surface area contributed by atoms with Crippen LogP contribution in [0.15, 0.2) is 67.3 Å². The zero-order chi connectivity index (χ0) is 28.0. The van der Waals surface area contributed by atoms with Crippen molar-refractivity contribution in [1.29, 1.82) is 0 Å². The molecule has 3 atom stereocenters. The molecular weight excluding hydrogens is 496 g/mol. The maximum atomic E-state index is 12.9. The molecule has 1 saturated carbocycles. The number of hydrogen-bond acceptors (Lipinski definition) is 7. The van der Waals surface area contributed by atoms with E-state index in [-0.39, 0.29) is 23.7 Å². The Kier molecular flexibility index (Phi) is 8.55. The Morgan fingerprint density at radius 1 is 1.13 bits per heavy atom. The fourth-order valence-electron chi connectivity index (χ4n) is 6.22. The molecule has 8 heteroatoms. The van der Waals surface area contributed by atoms with E-state index < -0.39 is 17.0 Å². The molecule has 2 aromatic rings. The first-order valence-corrected chi connectivity index (χ1v) is 13.2. The third-order valence-corrected chi connectivity index (χ3v) is 7.72. The first-order chi connectivity index (χ1) is 18.6. The van der Waals surface area contributed by atoms with Crippen LogP contribution in [0.5, 0.6) is 11.5 Å². The number of piperidine rings is 1. The number of phenolic OH excluding ortho intramolecular Hbond substituents is 1. The standard InChI is InChI=1S/C31H36N2O6/c1-4-16-33-17-15-30(25-8-6-10-28(19-25)38-22(2)34)20-26(13-14-31(30,21-33)39-23(3)35)32-29(37)12-11-24-7-5-9-27(36)18-24/h4-12,18-19,26,36H,1,13-17,20-21H2,2-3H3,(H,32,37)/t26-,30+,31+/m1/s1. The van der Waals surface area contributed by atoms with Gasteiger partial charge in [-0.15, -0.1) is 6.58 Å². The number of ether oxygens (including phenoxy) is 2. The molecule has 2 aliphatic rings. The highest BCUT2D eigenvalue weighted by atomic mass is 16.6. The molecule has 0 spiro atoms. The van der Waals surface area contributed by atoms with Gasteiger partial charge in [0.15, 0.2) is 0 Å². The number of esters is 2. The fraction of sp³-hybridized carbons (Fsp3) is 0.387. The van der Waals surface area contributed by atoms with E-state index >= 15 is 0 Å². The molecule has 1 amide bonds.